The Morgan fingerprint density at radius 1 is 1.12 bits per heavy atom. The van der Waals surface area contributed by atoms with Crippen LogP contribution >= 0.6 is 12.2 Å². The second-order valence-electron chi connectivity index (χ2n) is 6.99. The van der Waals surface area contributed by atoms with E-state index in [9.17, 15) is 4.79 Å². The third-order valence-corrected chi connectivity index (χ3v) is 3.63. The number of rotatable bonds is 5. The van der Waals surface area contributed by atoms with Crippen molar-refractivity contribution in [2.45, 2.75) is 39.3 Å². The summed E-state index contributed by atoms with van der Waals surface area (Å²) in [6, 6.07) is 15.9. The fraction of sp³-hybridized carbons (Fsp3) is 0.300. The lowest BCUT2D eigenvalue weighted by Crippen LogP contribution is -2.32. The van der Waals surface area contributed by atoms with Gasteiger partial charge in [-0.15, -0.1) is 0 Å². The number of hydrogen-bond donors (Lipinski definition) is 3. The molecule has 0 atom stereocenters. The van der Waals surface area contributed by atoms with Gasteiger partial charge in [0.25, 0.3) is 0 Å². The fourth-order valence-corrected chi connectivity index (χ4v) is 2.62. The summed E-state index contributed by atoms with van der Waals surface area (Å²) in [6.07, 6.45) is 0.314. The van der Waals surface area contributed by atoms with E-state index in [1.54, 1.807) is 0 Å². The molecule has 0 radical (unpaired) electrons. The van der Waals surface area contributed by atoms with Crippen molar-refractivity contribution in [1.82, 2.24) is 5.32 Å². The first-order valence-corrected chi connectivity index (χ1v) is 8.83. The molecule has 1 amide bonds. The van der Waals surface area contributed by atoms with Crippen molar-refractivity contribution >= 4 is 29.1 Å². The normalized spacial score (nSPS) is 10.9. The molecule has 2 rings (SSSR count). The van der Waals surface area contributed by atoms with Crippen LogP contribution in [0.3, 0.4) is 0 Å². The molecular weight excluding hydrogens is 346 g/mol. The molecule has 0 saturated carbocycles. The predicted molar refractivity (Wildman–Crippen MR) is 109 cm³/mol. The quantitative estimate of drug-likeness (QED) is 0.694. The van der Waals surface area contributed by atoms with Crippen molar-refractivity contribution < 1.29 is 9.53 Å². The predicted octanol–water partition coefficient (Wildman–Crippen LogP) is 3.96. The number of carbonyl (C=O) groups is 1. The summed E-state index contributed by atoms with van der Waals surface area (Å²) in [4.78, 5) is 11.9. The Hall–Kier alpha value is -2.60. The maximum absolute atomic E-state index is 11.9. The highest BCUT2D eigenvalue weighted by molar-refractivity contribution is 7.80. The molecule has 0 spiro atoms. The van der Waals surface area contributed by atoms with Crippen LogP contribution in [-0.2, 0) is 17.7 Å². The zero-order valence-electron chi connectivity index (χ0n) is 15.3. The highest BCUT2D eigenvalue weighted by atomic mass is 32.1. The minimum atomic E-state index is -0.513. The monoisotopic (exact) mass is 371 g/mol. The van der Waals surface area contributed by atoms with Gasteiger partial charge in [0, 0.05) is 12.2 Å². The second-order valence-corrected chi connectivity index (χ2v) is 7.43. The van der Waals surface area contributed by atoms with E-state index in [-0.39, 0.29) is 5.11 Å². The summed E-state index contributed by atoms with van der Waals surface area (Å²) < 4.78 is 5.29. The zero-order chi connectivity index (χ0) is 19.2. The first-order valence-electron chi connectivity index (χ1n) is 8.42. The minimum Gasteiger partial charge on any atom is -0.444 e. The summed E-state index contributed by atoms with van der Waals surface area (Å²) in [6.45, 7) is 5.94. The Balaban J connectivity index is 2.07. The third-order valence-electron chi connectivity index (χ3n) is 3.53. The van der Waals surface area contributed by atoms with Gasteiger partial charge in [-0.05, 0) is 68.2 Å². The summed E-state index contributed by atoms with van der Waals surface area (Å²) in [7, 11) is 0. The number of hydrogen-bond acceptors (Lipinski definition) is 3. The van der Waals surface area contributed by atoms with Gasteiger partial charge in [0.2, 0.25) is 0 Å². The van der Waals surface area contributed by atoms with Crippen LogP contribution < -0.4 is 16.4 Å². The molecule has 0 aliphatic heterocycles. The Morgan fingerprint density at radius 2 is 1.81 bits per heavy atom. The van der Waals surface area contributed by atoms with E-state index >= 15 is 0 Å². The molecule has 6 heteroatoms. The Bertz CT molecular complexity index is 785. The van der Waals surface area contributed by atoms with Crippen LogP contribution in [0.25, 0.3) is 0 Å². The van der Waals surface area contributed by atoms with Gasteiger partial charge < -0.3 is 21.1 Å². The standard InChI is InChI=1S/C20H25N3O2S/c1-20(2,3)25-19(24)22-13-16-9-5-4-8-15(16)11-14-7-6-10-17(12-14)23-18(21)26/h4-10,12H,11,13H2,1-3H3,(H,22,24)(H3,21,23,26). The Morgan fingerprint density at radius 3 is 2.46 bits per heavy atom. The van der Waals surface area contributed by atoms with Crippen molar-refractivity contribution in [2.75, 3.05) is 5.32 Å². The number of alkyl carbamates (subject to hydrolysis) is 1. The van der Waals surface area contributed by atoms with E-state index in [4.69, 9.17) is 22.7 Å². The molecule has 4 N–H and O–H groups in total. The number of nitrogens with two attached hydrogens (primary N) is 1. The molecule has 2 aromatic rings. The van der Waals surface area contributed by atoms with Gasteiger partial charge in [-0.2, -0.15) is 0 Å². The maximum atomic E-state index is 11.9. The molecule has 2 aromatic carbocycles. The molecule has 0 saturated heterocycles. The molecule has 0 fully saturated rings. The SMILES string of the molecule is CC(C)(C)OC(=O)NCc1ccccc1Cc1cccc(NC(N)=S)c1. The van der Waals surface area contributed by atoms with E-state index in [2.05, 4.69) is 16.7 Å². The van der Waals surface area contributed by atoms with E-state index in [1.807, 2.05) is 63.2 Å². The molecule has 138 valence electrons. The lowest BCUT2D eigenvalue weighted by Gasteiger charge is -2.20. The topological polar surface area (TPSA) is 76.4 Å². The zero-order valence-corrected chi connectivity index (χ0v) is 16.2. The van der Waals surface area contributed by atoms with Gasteiger partial charge in [0.15, 0.2) is 5.11 Å². The number of thiocarbonyl (C=S) groups is 1. The molecule has 0 unspecified atom stereocenters. The molecule has 5 nitrogen and oxygen atoms in total. The van der Waals surface area contributed by atoms with Crippen LogP contribution in [0.15, 0.2) is 48.5 Å². The van der Waals surface area contributed by atoms with Gasteiger partial charge in [-0.25, -0.2) is 4.79 Å². The maximum Gasteiger partial charge on any atom is 0.407 e. The average molecular weight is 372 g/mol. The molecule has 0 heterocycles. The molecule has 0 bridgehead atoms. The smallest absolute Gasteiger partial charge is 0.407 e. The molecule has 26 heavy (non-hydrogen) atoms. The Kier molecular flexibility index (Phi) is 6.58. The average Bonchev–Trinajstić information content (AvgIpc) is 2.52. The van der Waals surface area contributed by atoms with Gasteiger partial charge in [0.1, 0.15) is 5.60 Å². The van der Waals surface area contributed by atoms with Crippen molar-refractivity contribution in [3.63, 3.8) is 0 Å². The van der Waals surface area contributed by atoms with Crippen LogP contribution in [0.1, 0.15) is 37.5 Å². The second kappa shape index (κ2) is 8.67. The number of amides is 1. The number of ether oxygens (including phenoxy) is 1. The minimum absolute atomic E-state index is 0.240. The van der Waals surface area contributed by atoms with Gasteiger partial charge in [-0.3, -0.25) is 0 Å². The van der Waals surface area contributed by atoms with E-state index in [0.717, 1.165) is 28.8 Å². The third kappa shape index (κ3) is 6.72. The first kappa shape index (κ1) is 19.7. The number of carbonyl (C=O) groups excluding carboxylic acids is 1. The van der Waals surface area contributed by atoms with Crippen LogP contribution in [0.4, 0.5) is 10.5 Å². The molecular formula is C20H25N3O2S. The fourth-order valence-electron chi connectivity index (χ4n) is 2.51. The van der Waals surface area contributed by atoms with Crippen molar-refractivity contribution in [3.8, 4) is 0 Å². The van der Waals surface area contributed by atoms with E-state index < -0.39 is 11.7 Å². The molecule has 0 aromatic heterocycles. The number of benzene rings is 2. The van der Waals surface area contributed by atoms with Crippen molar-refractivity contribution in [3.05, 3.63) is 65.2 Å². The van der Waals surface area contributed by atoms with Gasteiger partial charge in [0.05, 0.1) is 0 Å². The lowest BCUT2D eigenvalue weighted by atomic mass is 9.99. The summed E-state index contributed by atoms with van der Waals surface area (Å²) >= 11 is 4.88. The summed E-state index contributed by atoms with van der Waals surface area (Å²) in [5, 5.41) is 5.99. The van der Waals surface area contributed by atoms with E-state index in [0.29, 0.717) is 6.54 Å². The summed E-state index contributed by atoms with van der Waals surface area (Å²) in [5.41, 5.74) is 9.18. The van der Waals surface area contributed by atoms with Crippen LogP contribution in [0.5, 0.6) is 0 Å². The van der Waals surface area contributed by atoms with Crippen molar-refractivity contribution in [1.29, 1.82) is 0 Å². The molecule has 0 aliphatic carbocycles. The largest absolute Gasteiger partial charge is 0.444 e. The highest BCUT2D eigenvalue weighted by Gasteiger charge is 2.16. The first-order chi connectivity index (χ1) is 12.2. The number of anilines is 1. The number of nitrogens with one attached hydrogen (secondary N) is 2. The molecule has 0 aliphatic rings. The van der Waals surface area contributed by atoms with E-state index in [1.165, 1.54) is 0 Å². The summed E-state index contributed by atoms with van der Waals surface area (Å²) in [5.74, 6) is 0. The van der Waals surface area contributed by atoms with Crippen LogP contribution in [-0.4, -0.2) is 16.8 Å². The Labute approximate surface area is 159 Å². The lowest BCUT2D eigenvalue weighted by molar-refractivity contribution is 0.0523. The highest BCUT2D eigenvalue weighted by Crippen LogP contribution is 2.18. The van der Waals surface area contributed by atoms with Crippen LogP contribution in [0.2, 0.25) is 0 Å². The van der Waals surface area contributed by atoms with Crippen LogP contribution in [0, 0.1) is 0 Å². The van der Waals surface area contributed by atoms with Gasteiger partial charge in [-0.1, -0.05) is 36.4 Å². The van der Waals surface area contributed by atoms with Crippen molar-refractivity contribution in [2.24, 2.45) is 5.73 Å². The van der Waals surface area contributed by atoms with Gasteiger partial charge >= 0.3 is 6.09 Å².